The number of rotatable bonds is 4. The number of aryl methyl sites for hydroxylation is 2. The lowest BCUT2D eigenvalue weighted by Gasteiger charge is -2.05. The lowest BCUT2D eigenvalue weighted by molar-refractivity contribution is -0.591. The highest BCUT2D eigenvalue weighted by molar-refractivity contribution is 7.85. The Morgan fingerprint density at radius 1 is 1.04 bits per heavy atom. The van der Waals surface area contributed by atoms with Crippen LogP contribution in [0.4, 0.5) is 0 Å². The number of thiophene rings is 1. The molecule has 2 aromatic carbocycles. The maximum Gasteiger partial charge on any atom is 0.369 e. The molecule has 0 aliphatic heterocycles. The monoisotopic (exact) mass is 520 g/mol. The van der Waals surface area contributed by atoms with Gasteiger partial charge in [0.1, 0.15) is 10.1 Å². The predicted octanol–water partition coefficient (Wildman–Crippen LogP) is 1.82. The van der Waals surface area contributed by atoms with Gasteiger partial charge in [0, 0.05) is 16.8 Å². The van der Waals surface area contributed by atoms with Crippen molar-refractivity contribution in [2.45, 2.75) is 24.6 Å². The van der Waals surface area contributed by atoms with Crippen LogP contribution < -0.4 is 21.2 Å². The Morgan fingerprint density at radius 3 is 2.27 bits per heavy atom. The third kappa shape index (κ3) is 7.00. The number of hydrogen-bond acceptors (Lipinski definition) is 4. The fourth-order valence-corrected chi connectivity index (χ4v) is 7.09. The van der Waals surface area contributed by atoms with Gasteiger partial charge < -0.3 is 4.55 Å². The van der Waals surface area contributed by atoms with Crippen molar-refractivity contribution in [1.29, 1.82) is 0 Å². The lowest BCUT2D eigenvalue weighted by Crippen LogP contribution is -3.61. The molecule has 0 saturated carbocycles. The summed E-state index contributed by atoms with van der Waals surface area (Å²) in [5, 5.41) is 0. The minimum absolute atomic E-state index is 0.0135. The molecule has 0 fully saturated rings. The van der Waals surface area contributed by atoms with Gasteiger partial charge in [-0.05, 0) is 49.7 Å². The molecule has 3 nitrogen and oxygen atoms in total. The van der Waals surface area contributed by atoms with Gasteiger partial charge in [-0.25, -0.2) is 8.42 Å². The Balaban J connectivity index is 0.000000197. The number of benzene rings is 2. The third-order valence-electron chi connectivity index (χ3n) is 3.26. The van der Waals surface area contributed by atoms with E-state index in [9.17, 15) is 13.0 Å². The van der Waals surface area contributed by atoms with Gasteiger partial charge in [0.25, 0.3) is 0 Å². The van der Waals surface area contributed by atoms with Gasteiger partial charge >= 0.3 is 21.2 Å². The molecule has 0 unspecified atom stereocenters. The molecule has 1 aromatic heterocycles. The van der Waals surface area contributed by atoms with E-state index in [0.717, 1.165) is 5.56 Å². The minimum atomic E-state index is -4.27. The molecule has 138 valence electrons. The van der Waals surface area contributed by atoms with Crippen molar-refractivity contribution in [3.8, 4) is 0 Å². The Kier molecular flexibility index (Phi) is 8.09. The summed E-state index contributed by atoms with van der Waals surface area (Å²) in [7, 11) is -4.27. The van der Waals surface area contributed by atoms with E-state index in [0.29, 0.717) is 5.88 Å². The van der Waals surface area contributed by atoms with E-state index in [4.69, 9.17) is 11.6 Å². The third-order valence-corrected chi connectivity index (χ3v) is 8.57. The van der Waals surface area contributed by atoms with Crippen LogP contribution in [0.15, 0.2) is 65.6 Å². The molecule has 7 heteroatoms. The van der Waals surface area contributed by atoms with E-state index in [1.165, 1.54) is 29.0 Å². The van der Waals surface area contributed by atoms with E-state index in [2.05, 4.69) is 43.3 Å². The fourth-order valence-electron chi connectivity index (χ4n) is 1.95. The van der Waals surface area contributed by atoms with E-state index in [1.807, 2.05) is 18.3 Å². The maximum atomic E-state index is 10.4. The molecule has 3 aromatic rings. The lowest BCUT2D eigenvalue weighted by atomic mass is 10.2. The molecule has 0 aliphatic rings. The van der Waals surface area contributed by atoms with Gasteiger partial charge in [-0.15, -0.1) is 11.6 Å². The van der Waals surface area contributed by atoms with Crippen molar-refractivity contribution in [2.75, 3.05) is 0 Å². The number of alkyl halides is 1. The van der Waals surface area contributed by atoms with Crippen LogP contribution in [0.2, 0.25) is 0 Å². The quantitative estimate of drug-likeness (QED) is 0.300. The minimum Gasteiger partial charge on any atom is -0.744 e. The normalized spacial score (nSPS) is 10.9. The summed E-state index contributed by atoms with van der Waals surface area (Å²) in [6.07, 6.45) is 0. The molecule has 26 heavy (non-hydrogen) atoms. The Labute approximate surface area is 174 Å². The molecule has 0 bridgehead atoms. The van der Waals surface area contributed by atoms with Gasteiger partial charge in [0.05, 0.1) is 4.90 Å². The van der Waals surface area contributed by atoms with Crippen LogP contribution in [0.3, 0.4) is 0 Å². The summed E-state index contributed by atoms with van der Waals surface area (Å²) in [5.41, 5.74) is 2.15. The second kappa shape index (κ2) is 9.85. The molecule has 3 rings (SSSR count). The van der Waals surface area contributed by atoms with Gasteiger partial charge in [-0.2, -0.15) is 0 Å². The Morgan fingerprint density at radius 2 is 1.73 bits per heavy atom. The van der Waals surface area contributed by atoms with Crippen molar-refractivity contribution in [1.82, 2.24) is 0 Å². The molecule has 0 saturated heterocycles. The molecule has 0 atom stereocenters. The summed E-state index contributed by atoms with van der Waals surface area (Å²) < 4.78 is 34.1. The van der Waals surface area contributed by atoms with Crippen molar-refractivity contribution < 1.29 is 34.2 Å². The van der Waals surface area contributed by atoms with Crippen LogP contribution >= 0.6 is 22.9 Å². The first-order chi connectivity index (χ1) is 12.3. The summed E-state index contributed by atoms with van der Waals surface area (Å²) in [6, 6.07) is 18.9. The van der Waals surface area contributed by atoms with Crippen molar-refractivity contribution in [3.05, 3.63) is 83.1 Å². The van der Waals surface area contributed by atoms with Gasteiger partial charge in [-0.1, -0.05) is 41.2 Å². The smallest absolute Gasteiger partial charge is 0.369 e. The highest BCUT2D eigenvalue weighted by Crippen LogP contribution is 2.08. The topological polar surface area (TPSA) is 57.2 Å². The Hall–Kier alpha value is -0.930. The number of halogens is 2. The average molecular weight is 521 g/mol. The first kappa shape index (κ1) is 21.4. The second-order valence-electron chi connectivity index (χ2n) is 5.48. The van der Waals surface area contributed by atoms with Crippen LogP contribution in [-0.2, 0) is 16.0 Å². The van der Waals surface area contributed by atoms with Crippen LogP contribution in [-0.4, -0.2) is 13.0 Å². The number of hydrogen-bond donors (Lipinski definition) is 0. The fraction of sp³-hybridized carbons (Fsp3) is 0.158. The van der Waals surface area contributed by atoms with E-state index in [-0.39, 0.29) is 26.1 Å². The summed E-state index contributed by atoms with van der Waals surface area (Å²) >= 11 is 7.72. The van der Waals surface area contributed by atoms with E-state index < -0.39 is 10.1 Å². The molecule has 0 aliphatic carbocycles. The SMILES string of the molecule is Cc1ccc(S(=O)(=O)[O-])cc1.Cc1ccc([I+]c2cccc(CCl)c2)s1. The van der Waals surface area contributed by atoms with Gasteiger partial charge in [-0.3, -0.25) is 0 Å². The van der Waals surface area contributed by atoms with Crippen LogP contribution in [0.5, 0.6) is 0 Å². The second-order valence-corrected chi connectivity index (χ2v) is 12.1. The standard InChI is InChI=1S/C12H11ClIS.C7H8O3S/c1-9-5-6-12(15-9)14-11-4-2-3-10(7-11)8-13;1-6-2-4-7(5-3-6)11(8,9)10/h2-7H,8H2,1H3;2-5H,1H3,(H,8,9,10)/q+1;/p-1. The van der Waals surface area contributed by atoms with Crippen molar-refractivity contribution in [3.63, 3.8) is 0 Å². The zero-order chi connectivity index (χ0) is 19.2. The highest BCUT2D eigenvalue weighted by Gasteiger charge is 2.17. The molecular weight excluding hydrogens is 503 g/mol. The zero-order valence-electron chi connectivity index (χ0n) is 14.3. The molecule has 1 heterocycles. The zero-order valence-corrected chi connectivity index (χ0v) is 18.8. The highest BCUT2D eigenvalue weighted by atomic mass is 127. The maximum absolute atomic E-state index is 10.4. The summed E-state index contributed by atoms with van der Waals surface area (Å²) in [4.78, 5) is 1.22. The van der Waals surface area contributed by atoms with Crippen LogP contribution in [0.1, 0.15) is 16.0 Å². The summed E-state index contributed by atoms with van der Waals surface area (Å²) in [5.74, 6) is 0.612. The van der Waals surface area contributed by atoms with Crippen LogP contribution in [0.25, 0.3) is 0 Å². The summed E-state index contributed by atoms with van der Waals surface area (Å²) in [6.45, 7) is 3.98. The predicted molar refractivity (Wildman–Crippen MR) is 102 cm³/mol. The molecule has 0 N–H and O–H groups in total. The largest absolute Gasteiger partial charge is 0.744 e. The van der Waals surface area contributed by atoms with Gasteiger partial charge in [0.2, 0.25) is 2.88 Å². The average Bonchev–Trinajstić information content (AvgIpc) is 3.00. The van der Waals surface area contributed by atoms with E-state index >= 15 is 0 Å². The van der Waals surface area contributed by atoms with Crippen molar-refractivity contribution >= 4 is 33.1 Å². The molecular formula is C19H18ClIO3S2. The molecule has 0 radical (unpaired) electrons. The Bertz CT molecular complexity index is 951. The first-order valence-electron chi connectivity index (χ1n) is 7.66. The van der Waals surface area contributed by atoms with Crippen molar-refractivity contribution in [2.24, 2.45) is 0 Å². The first-order valence-corrected chi connectivity index (χ1v) is 12.6. The van der Waals surface area contributed by atoms with E-state index in [1.54, 1.807) is 12.1 Å². The molecule has 0 amide bonds. The van der Waals surface area contributed by atoms with Gasteiger partial charge in [0.15, 0.2) is 3.57 Å². The molecule has 0 spiro atoms. The van der Waals surface area contributed by atoms with Crippen LogP contribution in [0, 0.1) is 20.3 Å².